The van der Waals surface area contributed by atoms with Gasteiger partial charge in [0.2, 0.25) is 5.91 Å². The smallest absolute Gasteiger partial charge is 0.305 e. The van der Waals surface area contributed by atoms with Crippen LogP contribution in [0.5, 0.6) is 0 Å². The van der Waals surface area contributed by atoms with Crippen LogP contribution in [0.3, 0.4) is 0 Å². The second-order valence-corrected chi connectivity index (χ2v) is 11.9. The van der Waals surface area contributed by atoms with Crippen molar-refractivity contribution in [3.8, 4) is 22.5 Å². The van der Waals surface area contributed by atoms with Crippen LogP contribution in [0.2, 0.25) is 0 Å². The third-order valence-corrected chi connectivity index (χ3v) is 7.40. The van der Waals surface area contributed by atoms with E-state index in [4.69, 9.17) is 5.11 Å². The maximum Gasteiger partial charge on any atom is 0.305 e. The number of benzene rings is 3. The molecule has 8 heteroatoms. The van der Waals surface area contributed by atoms with E-state index in [0.717, 1.165) is 40.7 Å². The summed E-state index contributed by atoms with van der Waals surface area (Å²) in [5, 5.41) is 14.4. The molecular weight excluding hydrogens is 552 g/mol. The second-order valence-electron chi connectivity index (χ2n) is 11.9. The monoisotopic (exact) mass is 592 g/mol. The quantitative estimate of drug-likeness (QED) is 0.186. The Morgan fingerprint density at radius 3 is 1.95 bits per heavy atom. The molecule has 0 aliphatic carbocycles. The zero-order valence-electron chi connectivity index (χ0n) is 25.8. The fraction of sp³-hybridized carbons (Fsp3) is 0.306. The van der Waals surface area contributed by atoms with Gasteiger partial charge in [-0.15, -0.1) is 0 Å². The van der Waals surface area contributed by atoms with Crippen LogP contribution in [0, 0.1) is 0 Å². The molecule has 3 N–H and O–H groups in total. The van der Waals surface area contributed by atoms with Crippen LogP contribution in [-0.2, 0) is 27.8 Å². The zero-order valence-corrected chi connectivity index (χ0v) is 25.8. The molecule has 3 aromatic carbocycles. The number of aryl methyl sites for hydroxylation is 1. The van der Waals surface area contributed by atoms with Crippen molar-refractivity contribution in [2.45, 2.75) is 64.8 Å². The molecule has 0 saturated carbocycles. The van der Waals surface area contributed by atoms with Crippen LogP contribution in [-0.4, -0.2) is 45.4 Å². The van der Waals surface area contributed by atoms with Crippen molar-refractivity contribution in [1.82, 2.24) is 20.6 Å². The Bertz CT molecular complexity index is 1560. The number of aliphatic carboxylic acids is 1. The third-order valence-electron chi connectivity index (χ3n) is 7.40. The predicted molar refractivity (Wildman–Crippen MR) is 172 cm³/mol. The average molecular weight is 593 g/mol. The molecule has 4 rings (SSSR count). The molecule has 0 unspecified atom stereocenters. The van der Waals surface area contributed by atoms with Gasteiger partial charge in [-0.3, -0.25) is 14.4 Å². The minimum Gasteiger partial charge on any atom is -0.481 e. The topological polar surface area (TPSA) is 121 Å². The van der Waals surface area contributed by atoms with Crippen LogP contribution in [0.1, 0.15) is 67.6 Å². The summed E-state index contributed by atoms with van der Waals surface area (Å²) in [5.74, 6) is -1.26. The number of nitrogens with one attached hydrogen (secondary N) is 2. The highest BCUT2D eigenvalue weighted by atomic mass is 16.4. The summed E-state index contributed by atoms with van der Waals surface area (Å²) in [5.41, 5.74) is 6.43. The first-order valence-corrected chi connectivity index (χ1v) is 14.9. The van der Waals surface area contributed by atoms with Crippen molar-refractivity contribution in [2.75, 3.05) is 6.54 Å². The van der Waals surface area contributed by atoms with Gasteiger partial charge < -0.3 is 15.7 Å². The van der Waals surface area contributed by atoms with E-state index in [1.54, 1.807) is 12.1 Å². The number of nitrogens with zero attached hydrogens (tertiary/aromatic N) is 2. The molecule has 8 nitrogen and oxygen atoms in total. The van der Waals surface area contributed by atoms with Crippen LogP contribution in [0.15, 0.2) is 85.2 Å². The van der Waals surface area contributed by atoms with Gasteiger partial charge in [0.15, 0.2) is 5.82 Å². The van der Waals surface area contributed by atoms with Crippen molar-refractivity contribution in [3.05, 3.63) is 107 Å². The lowest BCUT2D eigenvalue weighted by atomic mass is 9.86. The summed E-state index contributed by atoms with van der Waals surface area (Å²) in [6.07, 6.45) is 5.80. The van der Waals surface area contributed by atoms with E-state index in [1.165, 1.54) is 5.56 Å². The first kappa shape index (κ1) is 32.1. The van der Waals surface area contributed by atoms with Crippen molar-refractivity contribution in [3.63, 3.8) is 0 Å². The highest BCUT2D eigenvalue weighted by molar-refractivity contribution is 5.97. The Morgan fingerprint density at radius 2 is 1.39 bits per heavy atom. The van der Waals surface area contributed by atoms with E-state index < -0.39 is 17.9 Å². The number of amides is 2. The number of carbonyl (C=O) groups is 3. The van der Waals surface area contributed by atoms with E-state index in [0.29, 0.717) is 11.4 Å². The molecular formula is C36H40N4O4. The zero-order chi connectivity index (χ0) is 31.7. The Balaban J connectivity index is 1.46. The van der Waals surface area contributed by atoms with Gasteiger partial charge >= 0.3 is 5.97 Å². The van der Waals surface area contributed by atoms with Gasteiger partial charge in [0.25, 0.3) is 5.91 Å². The van der Waals surface area contributed by atoms with Gasteiger partial charge in [-0.2, -0.15) is 0 Å². The fourth-order valence-electron chi connectivity index (χ4n) is 4.79. The van der Waals surface area contributed by atoms with E-state index in [9.17, 15) is 14.4 Å². The molecule has 0 aliphatic heterocycles. The SMILES string of the molecule is CCCc1ccc(-c2cnc(-c3ccc(C[C@H](NC(=O)c4ccc(C(C)(C)C)cc4)C(=O)NCCC(=O)O)cc3)nc2)cc1. The Morgan fingerprint density at radius 1 is 0.795 bits per heavy atom. The van der Waals surface area contributed by atoms with Gasteiger partial charge in [-0.05, 0) is 46.2 Å². The molecule has 1 aromatic heterocycles. The number of aromatic nitrogens is 2. The van der Waals surface area contributed by atoms with Crippen molar-refractivity contribution >= 4 is 17.8 Å². The summed E-state index contributed by atoms with van der Waals surface area (Å²) in [6, 6.07) is 22.4. The summed E-state index contributed by atoms with van der Waals surface area (Å²) in [6.45, 7) is 8.42. The van der Waals surface area contributed by atoms with Gasteiger partial charge in [0.1, 0.15) is 6.04 Å². The van der Waals surface area contributed by atoms with Gasteiger partial charge in [-0.1, -0.05) is 94.8 Å². The minimum atomic E-state index is -1.01. The van der Waals surface area contributed by atoms with Gasteiger partial charge in [-0.25, -0.2) is 9.97 Å². The average Bonchev–Trinajstić information content (AvgIpc) is 3.01. The Kier molecular flexibility index (Phi) is 10.6. The van der Waals surface area contributed by atoms with Gasteiger partial charge in [0, 0.05) is 42.0 Å². The molecule has 0 radical (unpaired) electrons. The summed E-state index contributed by atoms with van der Waals surface area (Å²) < 4.78 is 0. The highest BCUT2D eigenvalue weighted by Crippen LogP contribution is 2.23. The van der Waals surface area contributed by atoms with E-state index in [2.05, 4.69) is 72.6 Å². The standard InChI is InChI=1S/C36H40N4O4/c1-5-6-24-7-11-26(12-8-24)29-22-38-33(39-23-29)27-13-9-25(10-14-27)21-31(35(44)37-20-19-32(41)42)40-34(43)28-15-17-30(18-16-28)36(2,3)4/h7-18,22-23,31H,5-6,19-21H2,1-4H3,(H,37,44)(H,40,43)(H,41,42)/t31-/m0/s1. The van der Waals surface area contributed by atoms with Crippen LogP contribution < -0.4 is 10.6 Å². The lowest BCUT2D eigenvalue weighted by molar-refractivity contribution is -0.137. The number of carboxylic acids is 1. The Hall–Kier alpha value is -4.85. The molecule has 228 valence electrons. The van der Waals surface area contributed by atoms with Crippen molar-refractivity contribution in [1.29, 1.82) is 0 Å². The molecule has 2 amide bonds. The lowest BCUT2D eigenvalue weighted by Crippen LogP contribution is -2.48. The van der Waals surface area contributed by atoms with E-state index in [1.807, 2.05) is 48.8 Å². The number of rotatable bonds is 12. The highest BCUT2D eigenvalue weighted by Gasteiger charge is 2.23. The van der Waals surface area contributed by atoms with E-state index >= 15 is 0 Å². The number of carboxylic acid groups (broad SMARTS) is 1. The fourth-order valence-corrected chi connectivity index (χ4v) is 4.79. The predicted octanol–water partition coefficient (Wildman–Crippen LogP) is 5.99. The lowest BCUT2D eigenvalue weighted by Gasteiger charge is -2.20. The molecule has 1 atom stereocenters. The first-order valence-electron chi connectivity index (χ1n) is 14.9. The van der Waals surface area contributed by atoms with Crippen LogP contribution in [0.25, 0.3) is 22.5 Å². The van der Waals surface area contributed by atoms with Crippen molar-refractivity contribution < 1.29 is 19.5 Å². The summed E-state index contributed by atoms with van der Waals surface area (Å²) >= 11 is 0. The summed E-state index contributed by atoms with van der Waals surface area (Å²) in [7, 11) is 0. The Labute approximate surface area is 259 Å². The maximum atomic E-state index is 13.1. The third kappa shape index (κ3) is 8.83. The van der Waals surface area contributed by atoms with E-state index in [-0.39, 0.29) is 30.7 Å². The largest absolute Gasteiger partial charge is 0.481 e. The molecule has 0 bridgehead atoms. The molecule has 0 spiro atoms. The van der Waals surface area contributed by atoms with Gasteiger partial charge in [0.05, 0.1) is 6.42 Å². The number of hydrogen-bond donors (Lipinski definition) is 3. The molecule has 44 heavy (non-hydrogen) atoms. The maximum absolute atomic E-state index is 13.1. The van der Waals surface area contributed by atoms with Crippen molar-refractivity contribution in [2.24, 2.45) is 0 Å². The second kappa shape index (κ2) is 14.6. The van der Waals surface area contributed by atoms with Crippen LogP contribution in [0.4, 0.5) is 0 Å². The normalized spacial score (nSPS) is 11.9. The molecule has 0 fully saturated rings. The van der Waals surface area contributed by atoms with Crippen LogP contribution >= 0.6 is 0 Å². The molecule has 0 saturated heterocycles. The first-order chi connectivity index (χ1) is 21.0. The number of carbonyl (C=O) groups excluding carboxylic acids is 2. The molecule has 1 heterocycles. The minimum absolute atomic E-state index is 0.0318. The molecule has 4 aromatic rings. The summed E-state index contributed by atoms with van der Waals surface area (Å²) in [4.78, 5) is 46.2. The number of hydrogen-bond acceptors (Lipinski definition) is 5. The molecule has 0 aliphatic rings.